The van der Waals surface area contributed by atoms with Crippen LogP contribution in [0.25, 0.3) is 27.9 Å². The first-order valence-corrected chi connectivity index (χ1v) is 19.2. The lowest BCUT2D eigenvalue weighted by Crippen LogP contribution is -2.30. The summed E-state index contributed by atoms with van der Waals surface area (Å²) >= 11 is 1.68. The summed E-state index contributed by atoms with van der Waals surface area (Å²) in [4.78, 5) is 34.7. The molecule has 0 radical (unpaired) electrons. The van der Waals surface area contributed by atoms with Crippen molar-refractivity contribution in [3.8, 4) is 0 Å². The Morgan fingerprint density at radius 3 is 2.25 bits per heavy atom. The zero-order chi connectivity index (χ0) is 37.3. The second-order valence-corrected chi connectivity index (χ2v) is 14.0. The predicted octanol–water partition coefficient (Wildman–Crippen LogP) is 7.32. The number of Topliss-reactive ketones (excluding diaryl/α,β-unsaturated/α-hetero) is 1. The number of para-hydroxylation sites is 1. The van der Waals surface area contributed by atoms with Crippen molar-refractivity contribution in [1.29, 1.82) is 0 Å². The number of esters is 1. The van der Waals surface area contributed by atoms with Gasteiger partial charge in [0.15, 0.2) is 18.0 Å². The van der Waals surface area contributed by atoms with Gasteiger partial charge in [0.25, 0.3) is 0 Å². The van der Waals surface area contributed by atoms with Crippen molar-refractivity contribution in [3.63, 3.8) is 0 Å². The molecular formula is C44H46N4O4S. The van der Waals surface area contributed by atoms with Crippen LogP contribution >= 0.6 is 11.3 Å². The number of carbonyl (C=O) groups excluding carboxylic acids is 2. The standard InChI is InChI=1S/C44H46N4O4S/c1-5-47(6-2)35-23-17-32(18-24-35)41-43(50)42(44(41)51)33-19-25-36(26-20-33)48(7-3)29-30-52-40(49)13-10-28-46(4)34-21-14-31(15-22-34)16-27-39-45-37-11-8-9-12-38(37)53-39/h8-9,11-12,14-27H,5-7,10,13,28-30H2,1-4H3/b27-16+. The predicted molar refractivity (Wildman–Crippen MR) is 216 cm³/mol. The Labute approximate surface area is 316 Å². The fourth-order valence-corrected chi connectivity index (χ4v) is 7.42. The molecule has 53 heavy (non-hydrogen) atoms. The van der Waals surface area contributed by atoms with Crippen molar-refractivity contribution >= 4 is 68.1 Å². The maximum absolute atomic E-state index is 13.1. The van der Waals surface area contributed by atoms with Crippen LogP contribution in [-0.2, 0) is 14.3 Å². The monoisotopic (exact) mass is 726 g/mol. The fraction of sp³-hybridized carbons (Fsp3) is 0.273. The van der Waals surface area contributed by atoms with Gasteiger partial charge in [0.05, 0.1) is 10.2 Å². The van der Waals surface area contributed by atoms with Crippen LogP contribution in [0.4, 0.5) is 11.4 Å². The van der Waals surface area contributed by atoms with E-state index in [0.717, 1.165) is 52.8 Å². The number of allylic oxidation sites excluding steroid dienone is 7. The summed E-state index contributed by atoms with van der Waals surface area (Å²) in [6.07, 6.45) is 12.6. The molecule has 0 amide bonds. The fourth-order valence-electron chi connectivity index (χ4n) is 6.55. The molecule has 8 nitrogen and oxygen atoms in total. The molecule has 0 atom stereocenters. The zero-order valence-corrected chi connectivity index (χ0v) is 31.7. The lowest BCUT2D eigenvalue weighted by atomic mass is 9.80. The topological polar surface area (TPSA) is 88.8 Å². The summed E-state index contributed by atoms with van der Waals surface area (Å²) in [7, 11) is 2.03. The molecule has 0 saturated carbocycles. The molecule has 0 saturated heterocycles. The molecule has 0 bridgehead atoms. The maximum atomic E-state index is 13.1. The molecule has 0 aliphatic heterocycles. The Morgan fingerprint density at radius 1 is 0.887 bits per heavy atom. The van der Waals surface area contributed by atoms with Crippen molar-refractivity contribution in [2.75, 3.05) is 56.2 Å². The van der Waals surface area contributed by atoms with Crippen LogP contribution in [0.3, 0.4) is 0 Å². The second-order valence-electron chi connectivity index (χ2n) is 12.9. The minimum Gasteiger partial charge on any atom is -0.871 e. The molecule has 9 heteroatoms. The first-order chi connectivity index (χ1) is 25.8. The van der Waals surface area contributed by atoms with Gasteiger partial charge in [-0.25, -0.2) is 9.56 Å². The van der Waals surface area contributed by atoms with Crippen molar-refractivity contribution in [2.45, 2.75) is 33.6 Å². The molecule has 272 valence electrons. The first kappa shape index (κ1) is 37.2. The number of anilines is 2. The minimum absolute atomic E-state index is 0.215. The Morgan fingerprint density at radius 2 is 1.58 bits per heavy atom. The highest BCUT2D eigenvalue weighted by molar-refractivity contribution is 7.19. The van der Waals surface area contributed by atoms with E-state index in [0.29, 0.717) is 37.1 Å². The van der Waals surface area contributed by atoms with Gasteiger partial charge in [-0.3, -0.25) is 9.59 Å². The Kier molecular flexibility index (Phi) is 12.2. The van der Waals surface area contributed by atoms with E-state index in [1.54, 1.807) is 11.3 Å². The lowest BCUT2D eigenvalue weighted by molar-refractivity contribution is -0.524. The molecule has 2 aliphatic carbocycles. The zero-order valence-electron chi connectivity index (χ0n) is 30.9. The van der Waals surface area contributed by atoms with Crippen molar-refractivity contribution in [1.82, 2.24) is 4.98 Å². The third-order valence-electron chi connectivity index (χ3n) is 9.66. The van der Waals surface area contributed by atoms with Gasteiger partial charge in [-0.15, -0.1) is 11.3 Å². The van der Waals surface area contributed by atoms with Crippen LogP contribution < -0.4 is 14.9 Å². The van der Waals surface area contributed by atoms with Crippen molar-refractivity contribution in [2.24, 2.45) is 0 Å². The highest BCUT2D eigenvalue weighted by Gasteiger charge is 2.30. The normalized spacial score (nSPS) is 14.0. The van der Waals surface area contributed by atoms with Gasteiger partial charge in [0.2, 0.25) is 0 Å². The number of rotatable bonds is 15. The van der Waals surface area contributed by atoms with Gasteiger partial charge < -0.3 is 19.6 Å². The molecule has 4 aromatic rings. The molecule has 0 spiro atoms. The lowest BCUT2D eigenvalue weighted by Gasteiger charge is -2.32. The number of aromatic nitrogens is 1. The number of thiazole rings is 1. The van der Waals surface area contributed by atoms with E-state index in [2.05, 4.69) is 69.6 Å². The quantitative estimate of drug-likeness (QED) is 0.0721. The summed E-state index contributed by atoms with van der Waals surface area (Å²) in [6, 6.07) is 24.1. The summed E-state index contributed by atoms with van der Waals surface area (Å²) in [5.41, 5.74) is 6.97. The van der Waals surface area contributed by atoms with Gasteiger partial charge in [0.1, 0.15) is 18.2 Å². The molecule has 1 aromatic heterocycles. The SMILES string of the molecule is CCN(CC)c1ccc(C2=C([O-])C(=C3C=CC(=[N+](CC)CCOC(=O)CCCN(C)c4ccc(/C=C/c5nc6ccccc6s5)cc4)C=C3)C2=O)cc1. The van der Waals surface area contributed by atoms with E-state index in [1.807, 2.05) is 86.8 Å². The van der Waals surface area contributed by atoms with Gasteiger partial charge in [-0.1, -0.05) is 48.2 Å². The van der Waals surface area contributed by atoms with Gasteiger partial charge in [0, 0.05) is 67.8 Å². The second kappa shape index (κ2) is 17.3. The van der Waals surface area contributed by atoms with E-state index in [-0.39, 0.29) is 35.3 Å². The van der Waals surface area contributed by atoms with E-state index < -0.39 is 0 Å². The summed E-state index contributed by atoms with van der Waals surface area (Å²) in [6.45, 7) is 10.3. The van der Waals surface area contributed by atoms with Crippen LogP contribution in [0.5, 0.6) is 0 Å². The summed E-state index contributed by atoms with van der Waals surface area (Å²) in [5, 5.41) is 14.1. The molecule has 0 unspecified atom stereocenters. The van der Waals surface area contributed by atoms with Crippen LogP contribution in [-0.4, -0.2) is 73.4 Å². The Hall–Kier alpha value is -5.54. The molecular weight excluding hydrogens is 681 g/mol. The van der Waals surface area contributed by atoms with Crippen LogP contribution in [0.1, 0.15) is 49.7 Å². The van der Waals surface area contributed by atoms with Gasteiger partial charge in [-0.2, -0.15) is 0 Å². The largest absolute Gasteiger partial charge is 0.871 e. The Bertz CT molecular complexity index is 2100. The number of ketones is 1. The van der Waals surface area contributed by atoms with Crippen molar-refractivity contribution < 1.29 is 24.0 Å². The number of hydrogen-bond donors (Lipinski definition) is 0. The summed E-state index contributed by atoms with van der Waals surface area (Å²) < 4.78 is 8.86. The molecule has 0 fully saturated rings. The van der Waals surface area contributed by atoms with Crippen molar-refractivity contribution in [3.05, 3.63) is 130 Å². The number of fused-ring (bicyclic) bond motifs is 1. The molecule has 3 aromatic carbocycles. The summed E-state index contributed by atoms with van der Waals surface area (Å²) in [5.74, 6) is -0.647. The van der Waals surface area contributed by atoms with Crippen LogP contribution in [0.15, 0.2) is 114 Å². The van der Waals surface area contributed by atoms with Gasteiger partial charge >= 0.3 is 5.97 Å². The first-order valence-electron chi connectivity index (χ1n) is 18.3. The third-order valence-corrected chi connectivity index (χ3v) is 10.7. The van der Waals surface area contributed by atoms with E-state index >= 15 is 0 Å². The third kappa shape index (κ3) is 8.75. The molecule has 0 N–H and O–H groups in total. The highest BCUT2D eigenvalue weighted by Crippen LogP contribution is 2.38. The number of benzene rings is 3. The number of nitrogens with zero attached hydrogens (tertiary/aromatic N) is 4. The molecule has 6 rings (SSSR count). The number of likely N-dealkylation sites (N-methyl/N-ethyl adjacent to an activating group) is 1. The highest BCUT2D eigenvalue weighted by atomic mass is 32.1. The molecule has 2 aliphatic rings. The van der Waals surface area contributed by atoms with E-state index in [9.17, 15) is 14.7 Å². The molecule has 1 heterocycles. The van der Waals surface area contributed by atoms with E-state index in [4.69, 9.17) is 4.74 Å². The Balaban J connectivity index is 0.945. The number of carbonyl (C=O) groups is 2. The minimum atomic E-state index is -0.216. The van der Waals surface area contributed by atoms with Gasteiger partial charge in [-0.05, 0) is 98.5 Å². The number of ether oxygens (including phenoxy) is 1. The average Bonchev–Trinajstić information content (AvgIpc) is 3.61. The number of hydrogen-bond acceptors (Lipinski definition) is 8. The van der Waals surface area contributed by atoms with Crippen LogP contribution in [0, 0.1) is 0 Å². The maximum Gasteiger partial charge on any atom is 0.306 e. The van der Waals surface area contributed by atoms with E-state index in [1.165, 1.54) is 4.70 Å². The van der Waals surface area contributed by atoms with Crippen LogP contribution in [0.2, 0.25) is 0 Å². The smallest absolute Gasteiger partial charge is 0.306 e. The average molecular weight is 727 g/mol.